The Morgan fingerprint density at radius 1 is 1.10 bits per heavy atom. The summed E-state index contributed by atoms with van der Waals surface area (Å²) in [6.07, 6.45) is 3.63. The molecule has 10 heteroatoms. The number of aromatic nitrogens is 4. The molecule has 0 atom stereocenters. The molecule has 1 amide bonds. The third-order valence-electron chi connectivity index (χ3n) is 5.78. The molecule has 0 spiro atoms. The monoisotopic (exact) mass is 454 g/mol. The predicted molar refractivity (Wildman–Crippen MR) is 124 cm³/mol. The van der Waals surface area contributed by atoms with Crippen LogP contribution in [0.1, 0.15) is 16.9 Å². The first-order valence-electron chi connectivity index (χ1n) is 10.2. The van der Waals surface area contributed by atoms with E-state index in [2.05, 4.69) is 19.9 Å². The molecule has 1 fully saturated rings. The van der Waals surface area contributed by atoms with Gasteiger partial charge in [-0.15, -0.1) is 11.3 Å². The summed E-state index contributed by atoms with van der Waals surface area (Å²) in [5, 5.41) is 1.63. The Labute approximate surface area is 186 Å². The second-order valence-electron chi connectivity index (χ2n) is 7.65. The average Bonchev–Trinajstić information content (AvgIpc) is 3.34. The van der Waals surface area contributed by atoms with Crippen LogP contribution >= 0.6 is 22.7 Å². The predicted octanol–water partition coefficient (Wildman–Crippen LogP) is 2.82. The Kier molecular flexibility index (Phi) is 5.19. The second kappa shape index (κ2) is 8.01. The highest BCUT2D eigenvalue weighted by Gasteiger charge is 2.23. The van der Waals surface area contributed by atoms with E-state index in [1.54, 1.807) is 28.4 Å². The van der Waals surface area contributed by atoms with E-state index < -0.39 is 0 Å². The molecule has 160 valence electrons. The number of pyridine rings is 1. The molecule has 0 N–H and O–H groups in total. The molecule has 0 radical (unpaired) electrons. The van der Waals surface area contributed by atoms with Crippen molar-refractivity contribution in [3.63, 3.8) is 0 Å². The van der Waals surface area contributed by atoms with Crippen molar-refractivity contribution in [3.05, 3.63) is 45.5 Å². The van der Waals surface area contributed by atoms with Crippen LogP contribution in [0.3, 0.4) is 0 Å². The molecule has 8 nitrogen and oxygen atoms in total. The van der Waals surface area contributed by atoms with Crippen LogP contribution in [0.5, 0.6) is 0 Å². The molecule has 4 aromatic rings. The molecule has 0 aromatic carbocycles. The molecular weight excluding hydrogens is 432 g/mol. The number of carbonyl (C=O) groups excluding carboxylic acids is 1. The van der Waals surface area contributed by atoms with Gasteiger partial charge >= 0.3 is 0 Å². The van der Waals surface area contributed by atoms with E-state index in [0.29, 0.717) is 31.4 Å². The molecule has 1 aliphatic heterocycles. The smallest absolute Gasteiger partial charge is 0.262 e. The normalized spacial score (nSPS) is 14.6. The first-order chi connectivity index (χ1) is 15.0. The SMILES string of the molecule is Cc1sc2ncn(CCC(=O)N3CCN(c4nc5cccnc5s4)CC3)c(=O)c2c1C. The molecule has 0 unspecified atom stereocenters. The number of nitrogens with zero attached hydrogens (tertiary/aromatic N) is 6. The van der Waals surface area contributed by atoms with E-state index in [1.165, 1.54) is 11.3 Å². The molecule has 5 rings (SSSR count). The largest absolute Gasteiger partial charge is 0.344 e. The first kappa shape index (κ1) is 20.1. The fourth-order valence-corrected chi connectivity index (χ4v) is 5.79. The standard InChI is InChI=1S/C21H22N6O2S2/c1-13-14(2)30-19-17(13)20(29)27(12-23-19)7-5-16(28)25-8-10-26(11-9-25)21-24-15-4-3-6-22-18(15)31-21/h3-4,6,12H,5,7-11H2,1-2H3. The van der Waals surface area contributed by atoms with Gasteiger partial charge in [-0.2, -0.15) is 0 Å². The van der Waals surface area contributed by atoms with Gasteiger partial charge in [0.05, 0.1) is 11.7 Å². The van der Waals surface area contributed by atoms with Crippen molar-refractivity contribution >= 4 is 54.3 Å². The van der Waals surface area contributed by atoms with Crippen molar-refractivity contribution in [1.82, 2.24) is 24.4 Å². The molecule has 1 saturated heterocycles. The van der Waals surface area contributed by atoms with E-state index in [0.717, 1.165) is 43.8 Å². The van der Waals surface area contributed by atoms with Crippen LogP contribution in [0.25, 0.3) is 20.6 Å². The third kappa shape index (κ3) is 3.70. The number of carbonyl (C=O) groups is 1. The van der Waals surface area contributed by atoms with Gasteiger partial charge in [0.2, 0.25) is 5.91 Å². The lowest BCUT2D eigenvalue weighted by atomic mass is 10.2. The summed E-state index contributed by atoms with van der Waals surface area (Å²) < 4.78 is 1.56. The number of hydrogen-bond acceptors (Lipinski definition) is 8. The van der Waals surface area contributed by atoms with Crippen molar-refractivity contribution in [2.45, 2.75) is 26.8 Å². The van der Waals surface area contributed by atoms with E-state index in [-0.39, 0.29) is 11.5 Å². The maximum absolute atomic E-state index is 12.8. The van der Waals surface area contributed by atoms with Gasteiger partial charge in [-0.3, -0.25) is 14.2 Å². The number of thiazole rings is 1. The summed E-state index contributed by atoms with van der Waals surface area (Å²) in [7, 11) is 0. The lowest BCUT2D eigenvalue weighted by molar-refractivity contribution is -0.131. The number of anilines is 1. The van der Waals surface area contributed by atoms with Gasteiger partial charge in [-0.25, -0.2) is 15.0 Å². The van der Waals surface area contributed by atoms with Gasteiger partial charge in [0, 0.05) is 50.2 Å². The van der Waals surface area contributed by atoms with Crippen LogP contribution in [0.2, 0.25) is 0 Å². The van der Waals surface area contributed by atoms with Crippen molar-refractivity contribution in [1.29, 1.82) is 0 Å². The van der Waals surface area contributed by atoms with Crippen molar-refractivity contribution in [2.24, 2.45) is 0 Å². The Morgan fingerprint density at radius 2 is 1.90 bits per heavy atom. The van der Waals surface area contributed by atoms with Gasteiger partial charge in [0.15, 0.2) is 5.13 Å². The van der Waals surface area contributed by atoms with Crippen molar-refractivity contribution in [2.75, 3.05) is 31.1 Å². The number of piperazine rings is 1. The molecule has 4 aromatic heterocycles. The topological polar surface area (TPSA) is 84.2 Å². The summed E-state index contributed by atoms with van der Waals surface area (Å²) in [5.74, 6) is 0.0656. The minimum atomic E-state index is -0.0612. The fourth-order valence-electron chi connectivity index (χ4n) is 3.84. The minimum Gasteiger partial charge on any atom is -0.344 e. The fraction of sp³-hybridized carbons (Fsp3) is 0.381. The third-order valence-corrected chi connectivity index (χ3v) is 7.94. The summed E-state index contributed by atoms with van der Waals surface area (Å²) in [4.78, 5) is 45.9. The van der Waals surface area contributed by atoms with Crippen LogP contribution in [0.4, 0.5) is 5.13 Å². The van der Waals surface area contributed by atoms with E-state index in [4.69, 9.17) is 0 Å². The first-order valence-corrected chi connectivity index (χ1v) is 11.8. The number of rotatable bonds is 4. The summed E-state index contributed by atoms with van der Waals surface area (Å²) in [6, 6.07) is 3.86. The highest BCUT2D eigenvalue weighted by atomic mass is 32.1. The van der Waals surface area contributed by atoms with Crippen LogP contribution in [-0.2, 0) is 11.3 Å². The lowest BCUT2D eigenvalue weighted by Gasteiger charge is -2.34. The Bertz CT molecular complexity index is 1300. The van der Waals surface area contributed by atoms with Crippen LogP contribution < -0.4 is 10.5 Å². The number of fused-ring (bicyclic) bond motifs is 2. The molecular formula is C21H22N6O2S2. The highest BCUT2D eigenvalue weighted by Crippen LogP contribution is 2.28. The van der Waals surface area contributed by atoms with Gasteiger partial charge in [0.25, 0.3) is 5.56 Å². The zero-order valence-electron chi connectivity index (χ0n) is 17.4. The van der Waals surface area contributed by atoms with E-state index in [9.17, 15) is 9.59 Å². The summed E-state index contributed by atoms with van der Waals surface area (Å²) in [5.41, 5.74) is 1.83. The quantitative estimate of drug-likeness (QED) is 0.472. The van der Waals surface area contributed by atoms with Crippen LogP contribution in [-0.4, -0.2) is 56.5 Å². The lowest BCUT2D eigenvalue weighted by Crippen LogP contribution is -2.49. The van der Waals surface area contributed by atoms with Crippen LogP contribution in [0.15, 0.2) is 29.5 Å². The van der Waals surface area contributed by atoms with Gasteiger partial charge in [-0.05, 0) is 31.5 Å². The van der Waals surface area contributed by atoms with Gasteiger partial charge in [0.1, 0.15) is 15.2 Å². The summed E-state index contributed by atoms with van der Waals surface area (Å²) in [6.45, 7) is 7.08. The molecule has 0 aliphatic carbocycles. The van der Waals surface area contributed by atoms with Crippen molar-refractivity contribution in [3.8, 4) is 0 Å². The van der Waals surface area contributed by atoms with Crippen LogP contribution in [0, 0.1) is 13.8 Å². The zero-order chi connectivity index (χ0) is 21.5. The van der Waals surface area contributed by atoms with Gasteiger partial charge in [-0.1, -0.05) is 11.3 Å². The van der Waals surface area contributed by atoms with Crippen molar-refractivity contribution < 1.29 is 4.79 Å². The number of hydrogen-bond donors (Lipinski definition) is 0. The number of amides is 1. The van der Waals surface area contributed by atoms with Gasteiger partial charge < -0.3 is 9.80 Å². The molecule has 1 aliphatic rings. The molecule has 0 saturated carbocycles. The minimum absolute atomic E-state index is 0.0612. The number of thiophene rings is 1. The highest BCUT2D eigenvalue weighted by molar-refractivity contribution is 7.21. The molecule has 0 bridgehead atoms. The molecule has 5 heterocycles. The Hall–Kier alpha value is -2.85. The Balaban J connectivity index is 1.21. The number of aryl methyl sites for hydroxylation is 3. The molecule has 31 heavy (non-hydrogen) atoms. The van der Waals surface area contributed by atoms with E-state index >= 15 is 0 Å². The van der Waals surface area contributed by atoms with E-state index in [1.807, 2.05) is 30.9 Å². The maximum atomic E-state index is 12.8. The second-order valence-corrected chi connectivity index (χ2v) is 9.81. The maximum Gasteiger partial charge on any atom is 0.262 e. The average molecular weight is 455 g/mol. The summed E-state index contributed by atoms with van der Waals surface area (Å²) >= 11 is 3.12. The zero-order valence-corrected chi connectivity index (χ0v) is 19.0. The Morgan fingerprint density at radius 3 is 2.68 bits per heavy atom.